The van der Waals surface area contributed by atoms with Crippen molar-refractivity contribution in [1.82, 2.24) is 9.78 Å². The van der Waals surface area contributed by atoms with Crippen molar-refractivity contribution >= 4 is 22.5 Å². The highest BCUT2D eigenvalue weighted by atomic mass is 35.5. The first-order valence-electron chi connectivity index (χ1n) is 7.61. The molecule has 0 unspecified atom stereocenters. The highest BCUT2D eigenvalue weighted by molar-refractivity contribution is 6.30. The lowest BCUT2D eigenvalue weighted by Crippen LogP contribution is -1.97. The Labute approximate surface area is 144 Å². The lowest BCUT2D eigenvalue weighted by Gasteiger charge is -2.07. The third-order valence-electron chi connectivity index (χ3n) is 4.00. The van der Waals surface area contributed by atoms with Gasteiger partial charge in [0.25, 0.3) is 0 Å². The van der Waals surface area contributed by atoms with Crippen molar-refractivity contribution in [3.05, 3.63) is 83.3 Å². The normalized spacial score (nSPS) is 11.1. The average molecular weight is 337 g/mol. The number of halogens is 2. The standard InChI is InChI=1S/C20H14ClFN2/c1-13-7-18(22)11-19(8-13)24-20-6-5-15(9-16(20)12-23-24)14-3-2-4-17(21)10-14/h2-12H,1H3. The van der Waals surface area contributed by atoms with Gasteiger partial charge in [-0.25, -0.2) is 9.07 Å². The molecule has 3 aromatic carbocycles. The highest BCUT2D eigenvalue weighted by Crippen LogP contribution is 2.27. The molecule has 0 bridgehead atoms. The Kier molecular flexibility index (Phi) is 3.58. The zero-order chi connectivity index (χ0) is 16.7. The van der Waals surface area contributed by atoms with Gasteiger partial charge in [0.05, 0.1) is 17.4 Å². The number of aromatic nitrogens is 2. The number of benzene rings is 3. The van der Waals surface area contributed by atoms with Crippen molar-refractivity contribution < 1.29 is 4.39 Å². The second-order valence-electron chi connectivity index (χ2n) is 5.83. The third-order valence-corrected chi connectivity index (χ3v) is 4.23. The number of fused-ring (bicyclic) bond motifs is 1. The summed E-state index contributed by atoms with van der Waals surface area (Å²) in [5.41, 5.74) is 4.65. The molecule has 4 rings (SSSR count). The monoisotopic (exact) mass is 336 g/mol. The molecule has 0 atom stereocenters. The summed E-state index contributed by atoms with van der Waals surface area (Å²) in [4.78, 5) is 0. The maximum absolute atomic E-state index is 13.7. The van der Waals surface area contributed by atoms with Gasteiger partial charge in [-0.3, -0.25) is 0 Å². The second-order valence-corrected chi connectivity index (χ2v) is 6.26. The van der Waals surface area contributed by atoms with E-state index in [9.17, 15) is 4.39 Å². The molecule has 1 aromatic heterocycles. The molecular formula is C20H14ClFN2. The van der Waals surface area contributed by atoms with E-state index in [2.05, 4.69) is 11.2 Å². The van der Waals surface area contributed by atoms with Gasteiger partial charge in [-0.1, -0.05) is 29.8 Å². The Hall–Kier alpha value is -2.65. The fourth-order valence-electron chi connectivity index (χ4n) is 2.93. The van der Waals surface area contributed by atoms with Crippen molar-refractivity contribution in [2.24, 2.45) is 0 Å². The van der Waals surface area contributed by atoms with Crippen molar-refractivity contribution in [2.75, 3.05) is 0 Å². The molecule has 0 aliphatic rings. The molecule has 0 N–H and O–H groups in total. The topological polar surface area (TPSA) is 17.8 Å². The molecule has 1 heterocycles. The van der Waals surface area contributed by atoms with E-state index in [0.717, 1.165) is 33.3 Å². The molecule has 0 amide bonds. The van der Waals surface area contributed by atoms with Gasteiger partial charge >= 0.3 is 0 Å². The smallest absolute Gasteiger partial charge is 0.125 e. The van der Waals surface area contributed by atoms with E-state index in [-0.39, 0.29) is 5.82 Å². The minimum absolute atomic E-state index is 0.260. The van der Waals surface area contributed by atoms with Crippen LogP contribution in [0.5, 0.6) is 0 Å². The maximum Gasteiger partial charge on any atom is 0.125 e. The first-order chi connectivity index (χ1) is 11.6. The van der Waals surface area contributed by atoms with E-state index >= 15 is 0 Å². The highest BCUT2D eigenvalue weighted by Gasteiger charge is 2.08. The Morgan fingerprint density at radius 2 is 1.79 bits per heavy atom. The number of aryl methyl sites for hydroxylation is 1. The summed E-state index contributed by atoms with van der Waals surface area (Å²) >= 11 is 6.07. The van der Waals surface area contributed by atoms with Gasteiger partial charge in [-0.2, -0.15) is 5.10 Å². The number of rotatable bonds is 2. The minimum atomic E-state index is -0.260. The Morgan fingerprint density at radius 1 is 0.958 bits per heavy atom. The lowest BCUT2D eigenvalue weighted by molar-refractivity contribution is 0.624. The summed E-state index contributed by atoms with van der Waals surface area (Å²) in [6, 6.07) is 18.7. The van der Waals surface area contributed by atoms with Crippen LogP contribution in [-0.2, 0) is 0 Å². The van der Waals surface area contributed by atoms with Gasteiger partial charge in [0.15, 0.2) is 0 Å². The van der Waals surface area contributed by atoms with Crippen molar-refractivity contribution in [3.8, 4) is 16.8 Å². The molecular weight excluding hydrogens is 323 g/mol. The molecule has 0 saturated heterocycles. The maximum atomic E-state index is 13.7. The van der Waals surface area contributed by atoms with E-state index in [1.54, 1.807) is 10.9 Å². The third kappa shape index (κ3) is 2.68. The van der Waals surface area contributed by atoms with Crippen LogP contribution < -0.4 is 0 Å². The van der Waals surface area contributed by atoms with Gasteiger partial charge in [0.2, 0.25) is 0 Å². The molecule has 24 heavy (non-hydrogen) atoms. The zero-order valence-electron chi connectivity index (χ0n) is 13.0. The first-order valence-corrected chi connectivity index (χ1v) is 7.99. The van der Waals surface area contributed by atoms with Gasteiger partial charge in [-0.05, 0) is 66.1 Å². The molecule has 2 nitrogen and oxygen atoms in total. The minimum Gasteiger partial charge on any atom is -0.233 e. The summed E-state index contributed by atoms with van der Waals surface area (Å²) in [6.45, 7) is 1.87. The van der Waals surface area contributed by atoms with Crippen LogP contribution in [0.2, 0.25) is 5.02 Å². The first kappa shape index (κ1) is 14.9. The summed E-state index contributed by atoms with van der Waals surface area (Å²) in [5.74, 6) is -0.260. The summed E-state index contributed by atoms with van der Waals surface area (Å²) < 4.78 is 15.4. The quantitative estimate of drug-likeness (QED) is 0.453. The Morgan fingerprint density at radius 3 is 2.58 bits per heavy atom. The molecule has 0 aliphatic heterocycles. The largest absolute Gasteiger partial charge is 0.233 e. The molecule has 0 radical (unpaired) electrons. The Balaban J connectivity index is 1.84. The van der Waals surface area contributed by atoms with Crippen LogP contribution in [0.15, 0.2) is 66.9 Å². The molecule has 118 valence electrons. The number of hydrogen-bond acceptors (Lipinski definition) is 1. The SMILES string of the molecule is Cc1cc(F)cc(-n2ncc3cc(-c4cccc(Cl)c4)ccc32)c1. The van der Waals surface area contributed by atoms with Gasteiger partial charge in [0, 0.05) is 10.4 Å². The van der Waals surface area contributed by atoms with Gasteiger partial charge < -0.3 is 0 Å². The number of hydrogen-bond donors (Lipinski definition) is 0. The van der Waals surface area contributed by atoms with E-state index in [1.165, 1.54) is 12.1 Å². The summed E-state index contributed by atoms with van der Waals surface area (Å²) in [6.07, 6.45) is 1.80. The van der Waals surface area contributed by atoms with Crippen LogP contribution in [-0.4, -0.2) is 9.78 Å². The van der Waals surface area contributed by atoms with Crippen LogP contribution in [0.3, 0.4) is 0 Å². The van der Waals surface area contributed by atoms with E-state index in [1.807, 2.05) is 49.4 Å². The fourth-order valence-corrected chi connectivity index (χ4v) is 3.12. The second kappa shape index (κ2) is 5.77. The van der Waals surface area contributed by atoms with Crippen molar-refractivity contribution in [2.45, 2.75) is 6.92 Å². The Bertz CT molecular complexity index is 1030. The van der Waals surface area contributed by atoms with Crippen LogP contribution >= 0.6 is 11.6 Å². The predicted molar refractivity (Wildman–Crippen MR) is 96.2 cm³/mol. The molecule has 0 spiro atoms. The average Bonchev–Trinajstić information content (AvgIpc) is 2.97. The molecule has 0 fully saturated rings. The van der Waals surface area contributed by atoms with Crippen molar-refractivity contribution in [3.63, 3.8) is 0 Å². The van der Waals surface area contributed by atoms with E-state index in [4.69, 9.17) is 11.6 Å². The molecule has 0 saturated carbocycles. The van der Waals surface area contributed by atoms with E-state index < -0.39 is 0 Å². The van der Waals surface area contributed by atoms with Crippen LogP contribution in [0.4, 0.5) is 4.39 Å². The number of nitrogens with zero attached hydrogens (tertiary/aromatic N) is 2. The van der Waals surface area contributed by atoms with Crippen molar-refractivity contribution in [1.29, 1.82) is 0 Å². The van der Waals surface area contributed by atoms with E-state index in [0.29, 0.717) is 5.02 Å². The van der Waals surface area contributed by atoms with Crippen LogP contribution in [0, 0.1) is 12.7 Å². The van der Waals surface area contributed by atoms with Gasteiger partial charge in [-0.15, -0.1) is 0 Å². The fraction of sp³-hybridized carbons (Fsp3) is 0.0500. The summed E-state index contributed by atoms with van der Waals surface area (Å²) in [7, 11) is 0. The molecule has 4 heteroatoms. The van der Waals surface area contributed by atoms with Crippen LogP contribution in [0.1, 0.15) is 5.56 Å². The lowest BCUT2D eigenvalue weighted by atomic mass is 10.0. The molecule has 0 aliphatic carbocycles. The molecule has 4 aromatic rings. The summed E-state index contributed by atoms with van der Waals surface area (Å²) in [5, 5.41) is 6.13. The predicted octanol–water partition coefficient (Wildman–Crippen LogP) is 5.79. The van der Waals surface area contributed by atoms with Crippen LogP contribution in [0.25, 0.3) is 27.7 Å². The van der Waals surface area contributed by atoms with Gasteiger partial charge in [0.1, 0.15) is 5.82 Å². The zero-order valence-corrected chi connectivity index (χ0v) is 13.8.